The van der Waals surface area contributed by atoms with Crippen LogP contribution in [0, 0.1) is 0 Å². The summed E-state index contributed by atoms with van der Waals surface area (Å²) in [5, 5.41) is 0. The molecule has 0 saturated heterocycles. The molecule has 0 amide bonds. The highest BCUT2D eigenvalue weighted by atomic mass is 79.9. The topological polar surface area (TPSA) is 13.1 Å². The normalized spacial score (nSPS) is 18.9. The zero-order chi connectivity index (χ0) is 6.97. The molecule has 0 aromatic carbocycles. The van der Waals surface area contributed by atoms with Gasteiger partial charge in [0.25, 0.3) is 0 Å². The van der Waals surface area contributed by atoms with E-state index in [1.54, 1.807) is 0 Å². The van der Waals surface area contributed by atoms with Crippen LogP contribution in [0.25, 0.3) is 0 Å². The summed E-state index contributed by atoms with van der Waals surface area (Å²) in [4.78, 5) is 0. The maximum absolute atomic E-state index is 5.40. The molecule has 1 aliphatic rings. The Hall–Kier alpha value is -0.240. The lowest BCUT2D eigenvalue weighted by Gasteiger charge is -2.22. The van der Waals surface area contributed by atoms with Crippen molar-refractivity contribution in [3.8, 4) is 0 Å². The van der Waals surface area contributed by atoms with Crippen LogP contribution in [-0.2, 0) is 0 Å². The fourth-order valence-electron chi connectivity index (χ4n) is 1.24. The SMILES string of the molecule is Brc1ccc(C2CCC2)o1. The van der Waals surface area contributed by atoms with Crippen LogP contribution in [0.15, 0.2) is 21.2 Å². The van der Waals surface area contributed by atoms with E-state index in [0.29, 0.717) is 5.92 Å². The zero-order valence-corrected chi connectivity index (χ0v) is 7.23. The van der Waals surface area contributed by atoms with Gasteiger partial charge in [0.15, 0.2) is 4.67 Å². The Balaban J connectivity index is 2.17. The molecule has 0 atom stereocenters. The van der Waals surface area contributed by atoms with Crippen molar-refractivity contribution in [1.29, 1.82) is 0 Å². The fourth-order valence-corrected chi connectivity index (χ4v) is 1.56. The highest BCUT2D eigenvalue weighted by Crippen LogP contribution is 2.37. The van der Waals surface area contributed by atoms with Crippen molar-refractivity contribution in [2.75, 3.05) is 0 Å². The first-order valence-corrected chi connectivity index (χ1v) is 4.41. The fraction of sp³-hybridized carbons (Fsp3) is 0.500. The monoisotopic (exact) mass is 200 g/mol. The molecule has 1 nitrogen and oxygen atoms in total. The van der Waals surface area contributed by atoms with Gasteiger partial charge in [-0.1, -0.05) is 6.42 Å². The van der Waals surface area contributed by atoms with Gasteiger partial charge >= 0.3 is 0 Å². The summed E-state index contributed by atoms with van der Waals surface area (Å²) >= 11 is 3.29. The van der Waals surface area contributed by atoms with Gasteiger partial charge < -0.3 is 4.42 Å². The van der Waals surface area contributed by atoms with Gasteiger partial charge in [0.05, 0.1) is 0 Å². The van der Waals surface area contributed by atoms with E-state index in [1.807, 2.05) is 6.07 Å². The number of hydrogen-bond donors (Lipinski definition) is 0. The van der Waals surface area contributed by atoms with E-state index in [9.17, 15) is 0 Å². The van der Waals surface area contributed by atoms with E-state index in [2.05, 4.69) is 22.0 Å². The van der Waals surface area contributed by atoms with E-state index >= 15 is 0 Å². The molecule has 54 valence electrons. The smallest absolute Gasteiger partial charge is 0.169 e. The quantitative estimate of drug-likeness (QED) is 0.679. The second-order valence-electron chi connectivity index (χ2n) is 2.77. The molecule has 1 aromatic heterocycles. The predicted molar refractivity (Wildman–Crippen MR) is 43.0 cm³/mol. The summed E-state index contributed by atoms with van der Waals surface area (Å²) in [5.41, 5.74) is 0. The van der Waals surface area contributed by atoms with Gasteiger partial charge in [0.1, 0.15) is 5.76 Å². The molecule has 1 aromatic rings. The summed E-state index contributed by atoms with van der Waals surface area (Å²) in [6.45, 7) is 0. The summed E-state index contributed by atoms with van der Waals surface area (Å²) in [5.74, 6) is 1.87. The van der Waals surface area contributed by atoms with E-state index in [1.165, 1.54) is 19.3 Å². The van der Waals surface area contributed by atoms with Crippen LogP contribution in [-0.4, -0.2) is 0 Å². The largest absolute Gasteiger partial charge is 0.454 e. The standard InChI is InChI=1S/C8H9BrO/c9-8-5-4-7(10-8)6-2-1-3-6/h4-6H,1-3H2. The molecule has 1 heterocycles. The van der Waals surface area contributed by atoms with Crippen LogP contribution in [0.1, 0.15) is 30.9 Å². The second kappa shape index (κ2) is 2.42. The average molecular weight is 201 g/mol. The molecule has 0 radical (unpaired) electrons. The Bertz CT molecular complexity index is 225. The van der Waals surface area contributed by atoms with Gasteiger partial charge in [-0.25, -0.2) is 0 Å². The van der Waals surface area contributed by atoms with Crippen molar-refractivity contribution in [3.05, 3.63) is 22.6 Å². The first-order valence-electron chi connectivity index (χ1n) is 3.61. The molecule has 1 saturated carbocycles. The first-order chi connectivity index (χ1) is 4.86. The van der Waals surface area contributed by atoms with Crippen molar-refractivity contribution in [2.45, 2.75) is 25.2 Å². The minimum Gasteiger partial charge on any atom is -0.454 e. The van der Waals surface area contributed by atoms with Crippen LogP contribution in [0.3, 0.4) is 0 Å². The first kappa shape index (κ1) is 6.47. The maximum atomic E-state index is 5.40. The van der Waals surface area contributed by atoms with Crippen LogP contribution < -0.4 is 0 Å². The number of hydrogen-bond acceptors (Lipinski definition) is 1. The Morgan fingerprint density at radius 3 is 2.60 bits per heavy atom. The van der Waals surface area contributed by atoms with Gasteiger partial charge in [0.2, 0.25) is 0 Å². The Morgan fingerprint density at radius 1 is 1.40 bits per heavy atom. The summed E-state index contributed by atoms with van der Waals surface area (Å²) in [7, 11) is 0. The van der Waals surface area contributed by atoms with E-state index < -0.39 is 0 Å². The molecule has 10 heavy (non-hydrogen) atoms. The Kier molecular flexibility index (Phi) is 1.57. The van der Waals surface area contributed by atoms with Crippen LogP contribution in [0.2, 0.25) is 0 Å². The number of rotatable bonds is 1. The summed E-state index contributed by atoms with van der Waals surface area (Å²) in [6.07, 6.45) is 3.98. The third-order valence-electron chi connectivity index (χ3n) is 2.10. The molecule has 0 aliphatic heterocycles. The Labute approximate surface area is 68.5 Å². The summed E-state index contributed by atoms with van der Waals surface area (Å²) < 4.78 is 6.26. The molecule has 0 N–H and O–H groups in total. The molecule has 2 rings (SSSR count). The Morgan fingerprint density at radius 2 is 2.20 bits per heavy atom. The molecule has 2 heteroatoms. The van der Waals surface area contributed by atoms with Crippen molar-refractivity contribution in [2.24, 2.45) is 0 Å². The number of furan rings is 1. The van der Waals surface area contributed by atoms with Crippen LogP contribution in [0.5, 0.6) is 0 Å². The predicted octanol–water partition coefficient (Wildman–Crippen LogP) is 3.31. The third kappa shape index (κ3) is 1.01. The molecule has 1 aliphatic carbocycles. The van der Waals surface area contributed by atoms with Gasteiger partial charge in [-0.2, -0.15) is 0 Å². The van der Waals surface area contributed by atoms with Crippen molar-refractivity contribution in [1.82, 2.24) is 0 Å². The molecule has 0 bridgehead atoms. The van der Waals surface area contributed by atoms with E-state index in [-0.39, 0.29) is 0 Å². The highest BCUT2D eigenvalue weighted by molar-refractivity contribution is 9.10. The lowest BCUT2D eigenvalue weighted by Crippen LogP contribution is -2.06. The van der Waals surface area contributed by atoms with Gasteiger partial charge in [0, 0.05) is 5.92 Å². The third-order valence-corrected chi connectivity index (χ3v) is 2.53. The summed E-state index contributed by atoms with van der Waals surface area (Å²) in [6, 6.07) is 4.03. The van der Waals surface area contributed by atoms with Crippen molar-refractivity contribution >= 4 is 15.9 Å². The lowest BCUT2D eigenvalue weighted by atomic mass is 9.84. The highest BCUT2D eigenvalue weighted by Gasteiger charge is 2.22. The van der Waals surface area contributed by atoms with Gasteiger partial charge in [-0.15, -0.1) is 0 Å². The van der Waals surface area contributed by atoms with Crippen LogP contribution >= 0.6 is 15.9 Å². The van der Waals surface area contributed by atoms with Crippen LogP contribution in [0.4, 0.5) is 0 Å². The minimum absolute atomic E-state index is 0.714. The molecule has 0 unspecified atom stereocenters. The average Bonchev–Trinajstić information content (AvgIpc) is 2.10. The van der Waals surface area contributed by atoms with Crippen molar-refractivity contribution < 1.29 is 4.42 Å². The van der Waals surface area contributed by atoms with Gasteiger partial charge in [-0.3, -0.25) is 0 Å². The molecule has 1 fully saturated rings. The zero-order valence-electron chi connectivity index (χ0n) is 5.64. The molecular formula is C8H9BrO. The van der Waals surface area contributed by atoms with Crippen molar-refractivity contribution in [3.63, 3.8) is 0 Å². The van der Waals surface area contributed by atoms with Gasteiger partial charge in [-0.05, 0) is 40.9 Å². The maximum Gasteiger partial charge on any atom is 0.169 e. The minimum atomic E-state index is 0.714. The molecular weight excluding hydrogens is 192 g/mol. The second-order valence-corrected chi connectivity index (χ2v) is 3.55. The van der Waals surface area contributed by atoms with E-state index in [4.69, 9.17) is 4.42 Å². The lowest BCUT2D eigenvalue weighted by molar-refractivity contribution is 0.340. The number of halogens is 1. The molecule has 0 spiro atoms. The van der Waals surface area contributed by atoms with E-state index in [0.717, 1.165) is 10.4 Å².